The summed E-state index contributed by atoms with van der Waals surface area (Å²) >= 11 is 0. The average molecular weight is 416 g/mol. The van der Waals surface area contributed by atoms with Crippen LogP contribution in [0.25, 0.3) is 5.65 Å². The fraction of sp³-hybridized carbons (Fsp3) is 0.636. The van der Waals surface area contributed by atoms with Crippen LogP contribution in [-0.4, -0.2) is 44.8 Å². The molecule has 8 nitrogen and oxygen atoms in total. The molecule has 2 atom stereocenters. The van der Waals surface area contributed by atoms with Crippen molar-refractivity contribution in [3.05, 3.63) is 30.2 Å². The molecule has 0 radical (unpaired) electrons. The first kappa shape index (κ1) is 22.1. The van der Waals surface area contributed by atoms with Gasteiger partial charge < -0.3 is 15.4 Å². The minimum Gasteiger partial charge on any atom is -0.444 e. The molecule has 0 unspecified atom stereocenters. The summed E-state index contributed by atoms with van der Waals surface area (Å²) in [4.78, 5) is 25.3. The van der Waals surface area contributed by atoms with Gasteiger partial charge in [0.25, 0.3) is 0 Å². The number of hydrogen-bond donors (Lipinski definition) is 2. The zero-order valence-electron chi connectivity index (χ0n) is 18.2. The van der Waals surface area contributed by atoms with E-state index in [1.165, 1.54) is 0 Å². The molecule has 30 heavy (non-hydrogen) atoms. The van der Waals surface area contributed by atoms with E-state index >= 15 is 0 Å². The predicted octanol–water partition coefficient (Wildman–Crippen LogP) is 3.25. The molecular formula is C22H33N5O3. The molecule has 1 fully saturated rings. The zero-order valence-corrected chi connectivity index (χ0v) is 18.2. The second kappa shape index (κ2) is 9.91. The highest BCUT2D eigenvalue weighted by molar-refractivity contribution is 5.80. The van der Waals surface area contributed by atoms with Gasteiger partial charge in [0.1, 0.15) is 11.4 Å². The van der Waals surface area contributed by atoms with E-state index in [0.29, 0.717) is 13.0 Å². The third-order valence-electron chi connectivity index (χ3n) is 5.34. The number of carbonyl (C=O) groups excluding carboxylic acids is 2. The Morgan fingerprint density at radius 2 is 1.90 bits per heavy atom. The summed E-state index contributed by atoms with van der Waals surface area (Å²) in [5.74, 6) is 0.534. The van der Waals surface area contributed by atoms with Crippen LogP contribution in [0.15, 0.2) is 24.4 Å². The summed E-state index contributed by atoms with van der Waals surface area (Å²) in [7, 11) is 0. The number of carbonyl (C=O) groups is 2. The number of rotatable bonds is 5. The summed E-state index contributed by atoms with van der Waals surface area (Å²) in [6, 6.07) is 5.53. The Balaban J connectivity index is 1.59. The normalized spacial score (nSPS) is 20.2. The van der Waals surface area contributed by atoms with Gasteiger partial charge in [-0.15, -0.1) is 10.2 Å². The average Bonchev–Trinajstić information content (AvgIpc) is 3.06. The predicted molar refractivity (Wildman–Crippen MR) is 114 cm³/mol. The topological polar surface area (TPSA) is 97.6 Å². The molecule has 1 aliphatic rings. The van der Waals surface area contributed by atoms with Gasteiger partial charge in [0, 0.05) is 25.2 Å². The van der Waals surface area contributed by atoms with Crippen LogP contribution in [0.1, 0.15) is 65.1 Å². The molecule has 2 aromatic rings. The largest absolute Gasteiger partial charge is 0.444 e. The first-order valence-corrected chi connectivity index (χ1v) is 10.9. The van der Waals surface area contributed by atoms with E-state index in [4.69, 9.17) is 4.74 Å². The summed E-state index contributed by atoms with van der Waals surface area (Å²) < 4.78 is 7.34. The molecule has 2 aromatic heterocycles. The van der Waals surface area contributed by atoms with Gasteiger partial charge in [-0.3, -0.25) is 9.20 Å². The lowest BCUT2D eigenvalue weighted by atomic mass is 9.86. The fourth-order valence-electron chi connectivity index (χ4n) is 3.92. The summed E-state index contributed by atoms with van der Waals surface area (Å²) in [6.07, 6.45) is 7.83. The maximum absolute atomic E-state index is 13.0. The smallest absolute Gasteiger partial charge is 0.407 e. The molecule has 0 aliphatic heterocycles. The molecule has 1 saturated carbocycles. The third kappa shape index (κ3) is 6.18. The van der Waals surface area contributed by atoms with Crippen molar-refractivity contribution >= 4 is 17.6 Å². The molecule has 0 bridgehead atoms. The summed E-state index contributed by atoms with van der Waals surface area (Å²) in [5, 5.41) is 14.3. The fourth-order valence-corrected chi connectivity index (χ4v) is 3.92. The van der Waals surface area contributed by atoms with Crippen LogP contribution in [-0.2, 0) is 16.0 Å². The van der Waals surface area contributed by atoms with Crippen molar-refractivity contribution in [3.63, 3.8) is 0 Å². The van der Waals surface area contributed by atoms with Crippen LogP contribution in [0.2, 0.25) is 0 Å². The van der Waals surface area contributed by atoms with Crippen molar-refractivity contribution in [1.29, 1.82) is 0 Å². The monoisotopic (exact) mass is 415 g/mol. The minimum atomic E-state index is -0.565. The van der Waals surface area contributed by atoms with Gasteiger partial charge in [-0.05, 0) is 45.7 Å². The summed E-state index contributed by atoms with van der Waals surface area (Å²) in [5.41, 5.74) is 0.227. The third-order valence-corrected chi connectivity index (χ3v) is 5.34. The lowest BCUT2D eigenvalue weighted by molar-refractivity contribution is -0.126. The van der Waals surface area contributed by atoms with Crippen molar-refractivity contribution in [2.75, 3.05) is 6.54 Å². The van der Waals surface area contributed by atoms with Crippen molar-refractivity contribution in [3.8, 4) is 0 Å². The number of hydrogen-bond acceptors (Lipinski definition) is 5. The van der Waals surface area contributed by atoms with E-state index in [2.05, 4.69) is 20.8 Å². The molecule has 3 rings (SSSR count). The van der Waals surface area contributed by atoms with Gasteiger partial charge >= 0.3 is 6.09 Å². The molecule has 0 saturated heterocycles. The lowest BCUT2D eigenvalue weighted by Crippen LogP contribution is -2.48. The Bertz CT molecular complexity index is 858. The quantitative estimate of drug-likeness (QED) is 0.781. The van der Waals surface area contributed by atoms with Gasteiger partial charge in [0.05, 0.1) is 5.92 Å². The van der Waals surface area contributed by atoms with Crippen molar-refractivity contribution < 1.29 is 14.3 Å². The SMILES string of the molecule is CC(C)(C)OC(=O)N[C@H]1CCCCCC[C@H]1C(=O)NCCc1nnc2ccccn12. The molecule has 2 amide bonds. The van der Waals surface area contributed by atoms with Crippen molar-refractivity contribution in [1.82, 2.24) is 25.2 Å². The van der Waals surface area contributed by atoms with Crippen LogP contribution < -0.4 is 10.6 Å². The first-order chi connectivity index (χ1) is 14.3. The van der Waals surface area contributed by atoms with E-state index in [9.17, 15) is 9.59 Å². The Kier molecular flexibility index (Phi) is 7.29. The molecule has 1 aliphatic carbocycles. The molecule has 2 N–H and O–H groups in total. The number of pyridine rings is 1. The van der Waals surface area contributed by atoms with Crippen molar-refractivity contribution in [2.24, 2.45) is 5.92 Å². The molecular weight excluding hydrogens is 382 g/mol. The number of alkyl carbamates (subject to hydrolysis) is 1. The molecule has 2 heterocycles. The Labute approximate surface area is 177 Å². The number of ether oxygens (including phenoxy) is 1. The van der Waals surface area contributed by atoms with Gasteiger partial charge in [-0.2, -0.15) is 0 Å². The van der Waals surface area contributed by atoms with Crippen LogP contribution in [0, 0.1) is 5.92 Å². The standard InChI is InChI=1S/C22H33N5O3/c1-22(2,3)30-21(29)24-17-11-7-5-4-6-10-16(17)20(28)23-14-13-19-26-25-18-12-8-9-15-27(18)19/h8-9,12,15-17H,4-7,10-11,13-14H2,1-3H3,(H,23,28)(H,24,29)/t16-,17+/m1/s1. The first-order valence-electron chi connectivity index (χ1n) is 10.9. The van der Waals surface area contributed by atoms with Gasteiger partial charge in [0.2, 0.25) is 5.91 Å². The maximum atomic E-state index is 13.0. The lowest BCUT2D eigenvalue weighted by Gasteiger charge is -2.30. The highest BCUT2D eigenvalue weighted by Crippen LogP contribution is 2.24. The van der Waals surface area contributed by atoms with Gasteiger partial charge in [-0.1, -0.05) is 31.7 Å². The number of amides is 2. The number of nitrogens with zero attached hydrogens (tertiary/aromatic N) is 3. The molecule has 0 aromatic carbocycles. The van der Waals surface area contributed by atoms with Crippen LogP contribution in [0.4, 0.5) is 4.79 Å². The number of fused-ring (bicyclic) bond motifs is 1. The number of aromatic nitrogens is 3. The second-order valence-corrected chi connectivity index (χ2v) is 8.94. The van der Waals surface area contributed by atoms with Crippen LogP contribution in [0.3, 0.4) is 0 Å². The Morgan fingerprint density at radius 1 is 1.13 bits per heavy atom. The molecule has 8 heteroatoms. The Morgan fingerprint density at radius 3 is 2.67 bits per heavy atom. The Hall–Kier alpha value is -2.64. The van der Waals surface area contributed by atoms with E-state index in [0.717, 1.165) is 50.0 Å². The highest BCUT2D eigenvalue weighted by Gasteiger charge is 2.31. The minimum absolute atomic E-state index is 0.0215. The van der Waals surface area contributed by atoms with E-state index in [1.54, 1.807) is 0 Å². The zero-order chi connectivity index (χ0) is 21.6. The molecule has 0 spiro atoms. The van der Waals surface area contributed by atoms with Crippen LogP contribution in [0.5, 0.6) is 0 Å². The van der Waals surface area contributed by atoms with Gasteiger partial charge in [-0.25, -0.2) is 4.79 Å². The van der Waals surface area contributed by atoms with E-state index in [1.807, 2.05) is 49.6 Å². The van der Waals surface area contributed by atoms with E-state index in [-0.39, 0.29) is 17.9 Å². The second-order valence-electron chi connectivity index (χ2n) is 8.94. The summed E-state index contributed by atoms with van der Waals surface area (Å²) in [6.45, 7) is 5.99. The maximum Gasteiger partial charge on any atom is 0.407 e. The highest BCUT2D eigenvalue weighted by atomic mass is 16.6. The van der Waals surface area contributed by atoms with Gasteiger partial charge in [0.15, 0.2) is 5.65 Å². The van der Waals surface area contributed by atoms with Crippen molar-refractivity contribution in [2.45, 2.75) is 77.4 Å². The molecule has 164 valence electrons. The number of nitrogens with one attached hydrogen (secondary N) is 2. The van der Waals surface area contributed by atoms with E-state index < -0.39 is 11.7 Å². The van der Waals surface area contributed by atoms with Crippen LogP contribution >= 0.6 is 0 Å².